The SMILES string of the molecule is CCC(C)NCC(N)(O)c1ccccc1. The van der Waals surface area contributed by atoms with Crippen LogP contribution in [0.4, 0.5) is 0 Å². The molecule has 0 radical (unpaired) electrons. The zero-order valence-corrected chi connectivity index (χ0v) is 9.40. The Morgan fingerprint density at radius 1 is 1.40 bits per heavy atom. The summed E-state index contributed by atoms with van der Waals surface area (Å²) in [7, 11) is 0. The first-order chi connectivity index (χ1) is 7.06. The molecule has 0 aromatic heterocycles. The molecular weight excluding hydrogens is 188 g/mol. The number of hydrogen-bond acceptors (Lipinski definition) is 3. The third-order valence-electron chi connectivity index (χ3n) is 2.61. The molecule has 1 aromatic rings. The third-order valence-corrected chi connectivity index (χ3v) is 2.61. The molecule has 0 saturated carbocycles. The number of nitrogens with two attached hydrogens (primary N) is 1. The maximum absolute atomic E-state index is 10.0. The van der Waals surface area contributed by atoms with Crippen molar-refractivity contribution in [2.75, 3.05) is 6.54 Å². The van der Waals surface area contributed by atoms with Crippen molar-refractivity contribution in [1.82, 2.24) is 5.32 Å². The highest BCUT2D eigenvalue weighted by atomic mass is 16.3. The van der Waals surface area contributed by atoms with Crippen LogP contribution in [0.1, 0.15) is 25.8 Å². The van der Waals surface area contributed by atoms with E-state index in [2.05, 4.69) is 19.2 Å². The van der Waals surface area contributed by atoms with Crippen molar-refractivity contribution in [2.45, 2.75) is 32.0 Å². The van der Waals surface area contributed by atoms with E-state index in [0.717, 1.165) is 12.0 Å². The molecule has 2 atom stereocenters. The summed E-state index contributed by atoms with van der Waals surface area (Å²) >= 11 is 0. The van der Waals surface area contributed by atoms with Gasteiger partial charge in [-0.25, -0.2) is 0 Å². The molecular formula is C12H20N2O. The molecule has 0 bridgehead atoms. The molecule has 0 fully saturated rings. The molecule has 0 aliphatic rings. The molecule has 0 heterocycles. The lowest BCUT2D eigenvalue weighted by Crippen LogP contribution is -2.48. The Morgan fingerprint density at radius 2 is 2.00 bits per heavy atom. The Morgan fingerprint density at radius 3 is 2.53 bits per heavy atom. The summed E-state index contributed by atoms with van der Waals surface area (Å²) in [4.78, 5) is 0. The standard InChI is InChI=1S/C12H20N2O/c1-3-10(2)14-9-12(13,15)11-7-5-4-6-8-11/h4-8,10,14-15H,3,9,13H2,1-2H3. The van der Waals surface area contributed by atoms with Crippen LogP contribution in [0.15, 0.2) is 30.3 Å². The molecule has 0 spiro atoms. The normalized spacial score (nSPS) is 17.1. The van der Waals surface area contributed by atoms with Crippen LogP contribution >= 0.6 is 0 Å². The molecule has 4 N–H and O–H groups in total. The number of aliphatic hydroxyl groups is 1. The first-order valence-electron chi connectivity index (χ1n) is 5.36. The highest BCUT2D eigenvalue weighted by Crippen LogP contribution is 2.13. The van der Waals surface area contributed by atoms with Crippen molar-refractivity contribution < 1.29 is 5.11 Å². The predicted molar refractivity (Wildman–Crippen MR) is 62.3 cm³/mol. The van der Waals surface area contributed by atoms with Gasteiger partial charge in [-0.3, -0.25) is 5.73 Å². The summed E-state index contributed by atoms with van der Waals surface area (Å²) in [6, 6.07) is 9.68. The number of nitrogens with one attached hydrogen (secondary N) is 1. The van der Waals surface area contributed by atoms with E-state index in [0.29, 0.717) is 12.6 Å². The monoisotopic (exact) mass is 208 g/mol. The summed E-state index contributed by atoms with van der Waals surface area (Å²) in [6.07, 6.45) is 1.02. The second kappa shape index (κ2) is 5.26. The van der Waals surface area contributed by atoms with Crippen molar-refractivity contribution in [3.8, 4) is 0 Å². The number of benzene rings is 1. The van der Waals surface area contributed by atoms with Crippen LogP contribution in [0.25, 0.3) is 0 Å². The topological polar surface area (TPSA) is 58.3 Å². The van der Waals surface area contributed by atoms with Gasteiger partial charge in [0.25, 0.3) is 0 Å². The maximum atomic E-state index is 10.0. The van der Waals surface area contributed by atoms with E-state index in [4.69, 9.17) is 5.73 Å². The predicted octanol–water partition coefficient (Wildman–Crippen LogP) is 1.18. The third kappa shape index (κ3) is 3.63. The lowest BCUT2D eigenvalue weighted by Gasteiger charge is -2.26. The zero-order chi connectivity index (χ0) is 11.3. The van der Waals surface area contributed by atoms with E-state index in [1.165, 1.54) is 0 Å². The molecule has 84 valence electrons. The molecule has 3 heteroatoms. The highest BCUT2D eigenvalue weighted by Gasteiger charge is 2.23. The van der Waals surface area contributed by atoms with Gasteiger partial charge in [0.2, 0.25) is 0 Å². The molecule has 1 aromatic carbocycles. The van der Waals surface area contributed by atoms with Crippen molar-refractivity contribution in [2.24, 2.45) is 5.73 Å². The van der Waals surface area contributed by atoms with Crippen LogP contribution in [-0.4, -0.2) is 17.7 Å². The molecule has 3 nitrogen and oxygen atoms in total. The smallest absolute Gasteiger partial charge is 0.152 e. The summed E-state index contributed by atoms with van der Waals surface area (Å²) in [5.74, 6) is 0. The minimum absolute atomic E-state index is 0.365. The number of rotatable bonds is 5. The summed E-state index contributed by atoms with van der Waals surface area (Å²) in [6.45, 7) is 4.53. The quantitative estimate of drug-likeness (QED) is 0.637. The van der Waals surface area contributed by atoms with Crippen LogP contribution < -0.4 is 11.1 Å². The Bertz CT molecular complexity index is 285. The zero-order valence-electron chi connectivity index (χ0n) is 9.40. The Kier molecular flexibility index (Phi) is 4.27. The minimum atomic E-state index is -1.29. The Balaban J connectivity index is 2.59. The van der Waals surface area contributed by atoms with E-state index in [-0.39, 0.29) is 0 Å². The largest absolute Gasteiger partial charge is 0.370 e. The molecule has 1 rings (SSSR count). The molecule has 15 heavy (non-hydrogen) atoms. The van der Waals surface area contributed by atoms with Crippen LogP contribution in [-0.2, 0) is 5.72 Å². The fraction of sp³-hybridized carbons (Fsp3) is 0.500. The average Bonchev–Trinajstić information content (AvgIpc) is 2.27. The van der Waals surface area contributed by atoms with E-state index in [1.54, 1.807) is 0 Å². The fourth-order valence-corrected chi connectivity index (χ4v) is 1.30. The lowest BCUT2D eigenvalue weighted by atomic mass is 10.0. The van der Waals surface area contributed by atoms with Crippen molar-refractivity contribution in [3.63, 3.8) is 0 Å². The molecule has 2 unspecified atom stereocenters. The van der Waals surface area contributed by atoms with Gasteiger partial charge in [0.15, 0.2) is 5.72 Å². The fourth-order valence-electron chi connectivity index (χ4n) is 1.30. The van der Waals surface area contributed by atoms with Gasteiger partial charge in [-0.15, -0.1) is 0 Å². The number of hydrogen-bond donors (Lipinski definition) is 3. The second-order valence-corrected chi connectivity index (χ2v) is 3.98. The van der Waals surface area contributed by atoms with E-state index in [9.17, 15) is 5.11 Å². The van der Waals surface area contributed by atoms with Gasteiger partial charge >= 0.3 is 0 Å². The van der Waals surface area contributed by atoms with Crippen LogP contribution in [0.5, 0.6) is 0 Å². The van der Waals surface area contributed by atoms with E-state index in [1.807, 2.05) is 30.3 Å². The van der Waals surface area contributed by atoms with E-state index >= 15 is 0 Å². The first-order valence-corrected chi connectivity index (χ1v) is 5.36. The first kappa shape index (κ1) is 12.2. The van der Waals surface area contributed by atoms with Gasteiger partial charge in [-0.2, -0.15) is 0 Å². The summed E-state index contributed by atoms with van der Waals surface area (Å²) in [5, 5.41) is 13.2. The summed E-state index contributed by atoms with van der Waals surface area (Å²) in [5.41, 5.74) is 5.28. The maximum Gasteiger partial charge on any atom is 0.152 e. The van der Waals surface area contributed by atoms with Gasteiger partial charge in [-0.05, 0) is 18.9 Å². The van der Waals surface area contributed by atoms with Crippen molar-refractivity contribution in [1.29, 1.82) is 0 Å². The van der Waals surface area contributed by atoms with Crippen LogP contribution in [0, 0.1) is 0 Å². The Hall–Kier alpha value is -0.900. The average molecular weight is 208 g/mol. The minimum Gasteiger partial charge on any atom is -0.370 e. The van der Waals surface area contributed by atoms with Gasteiger partial charge < -0.3 is 10.4 Å². The highest BCUT2D eigenvalue weighted by molar-refractivity contribution is 5.21. The van der Waals surface area contributed by atoms with Crippen LogP contribution in [0.2, 0.25) is 0 Å². The molecule has 0 saturated heterocycles. The van der Waals surface area contributed by atoms with Crippen molar-refractivity contribution >= 4 is 0 Å². The second-order valence-electron chi connectivity index (χ2n) is 3.98. The van der Waals surface area contributed by atoms with Crippen LogP contribution in [0.3, 0.4) is 0 Å². The van der Waals surface area contributed by atoms with Gasteiger partial charge in [0, 0.05) is 12.6 Å². The molecule has 0 aliphatic carbocycles. The molecule has 0 amide bonds. The van der Waals surface area contributed by atoms with E-state index < -0.39 is 5.72 Å². The van der Waals surface area contributed by atoms with Gasteiger partial charge in [-0.1, -0.05) is 37.3 Å². The van der Waals surface area contributed by atoms with Crippen molar-refractivity contribution in [3.05, 3.63) is 35.9 Å². The lowest BCUT2D eigenvalue weighted by molar-refractivity contribution is 0.0410. The van der Waals surface area contributed by atoms with Gasteiger partial charge in [0.1, 0.15) is 0 Å². The summed E-state index contributed by atoms with van der Waals surface area (Å²) < 4.78 is 0. The molecule has 0 aliphatic heterocycles. The van der Waals surface area contributed by atoms with Gasteiger partial charge in [0.05, 0.1) is 0 Å². The Labute approximate surface area is 91.3 Å².